The number of hydrogen-bond acceptors (Lipinski definition) is 6. The topological polar surface area (TPSA) is 101 Å². The van der Waals surface area contributed by atoms with Crippen molar-refractivity contribution in [2.75, 3.05) is 0 Å². The maximum atomic E-state index is 13.4. The van der Waals surface area contributed by atoms with E-state index in [4.69, 9.17) is 4.74 Å². The van der Waals surface area contributed by atoms with E-state index in [1.165, 1.54) is 0 Å². The zero-order valence-corrected chi connectivity index (χ0v) is 19.7. The van der Waals surface area contributed by atoms with Gasteiger partial charge < -0.3 is 14.9 Å². The summed E-state index contributed by atoms with van der Waals surface area (Å²) in [6, 6.07) is 0. The highest BCUT2D eigenvalue weighted by molar-refractivity contribution is 5.99. The van der Waals surface area contributed by atoms with E-state index in [1.807, 2.05) is 6.08 Å². The summed E-state index contributed by atoms with van der Waals surface area (Å²) in [6.45, 7) is 6.15. The van der Waals surface area contributed by atoms with Gasteiger partial charge in [-0.15, -0.1) is 0 Å². The van der Waals surface area contributed by atoms with Crippen LogP contribution >= 0.6 is 0 Å². The quantitative estimate of drug-likeness (QED) is 0.623. The molecule has 4 fully saturated rings. The lowest BCUT2D eigenvalue weighted by atomic mass is 9.45. The third kappa shape index (κ3) is 2.35. The Morgan fingerprint density at radius 3 is 2.64 bits per heavy atom. The SMILES string of the molecule is CC[C@]1([C@]2(O)[C@H]3C[C@H]3[C@H]3[C@@H]4C=CC5=CC(=O)CC[C@]5(C)[C@H]4CC[C@@]32C)OC(=O)CC(O)C1=O. The van der Waals surface area contributed by atoms with Crippen LogP contribution in [0.4, 0.5) is 0 Å². The summed E-state index contributed by atoms with van der Waals surface area (Å²) in [5.74, 6) is 0.0148. The van der Waals surface area contributed by atoms with Crippen molar-refractivity contribution in [2.24, 2.45) is 40.4 Å². The van der Waals surface area contributed by atoms with E-state index in [1.54, 1.807) is 6.92 Å². The number of cyclic esters (lactones) is 1. The molecule has 33 heavy (non-hydrogen) atoms. The Morgan fingerprint density at radius 2 is 1.91 bits per heavy atom. The Labute approximate surface area is 194 Å². The third-order valence-corrected chi connectivity index (χ3v) is 10.9. The van der Waals surface area contributed by atoms with Crippen LogP contribution in [-0.4, -0.2) is 45.1 Å². The summed E-state index contributed by atoms with van der Waals surface area (Å²) in [6.07, 6.45) is 8.46. The molecule has 1 saturated heterocycles. The first kappa shape index (κ1) is 21.7. The predicted molar refractivity (Wildman–Crippen MR) is 119 cm³/mol. The fourth-order valence-electron chi connectivity index (χ4n) is 9.34. The number of aliphatic hydroxyl groups excluding tert-OH is 1. The number of Topliss-reactive ketones (excluding diaryl/α,β-unsaturated/α-hetero) is 1. The Balaban J connectivity index is 1.46. The van der Waals surface area contributed by atoms with Gasteiger partial charge in [0, 0.05) is 11.8 Å². The minimum Gasteiger partial charge on any atom is -0.448 e. The van der Waals surface area contributed by atoms with E-state index in [2.05, 4.69) is 26.0 Å². The van der Waals surface area contributed by atoms with Gasteiger partial charge in [-0.3, -0.25) is 14.4 Å². The fourth-order valence-corrected chi connectivity index (χ4v) is 9.34. The van der Waals surface area contributed by atoms with Gasteiger partial charge in [-0.05, 0) is 78.8 Å². The zero-order chi connectivity index (χ0) is 23.6. The van der Waals surface area contributed by atoms with E-state index >= 15 is 0 Å². The fraction of sp³-hybridized carbons (Fsp3) is 0.741. The summed E-state index contributed by atoms with van der Waals surface area (Å²) in [4.78, 5) is 37.9. The second kappa shape index (κ2) is 6.45. The van der Waals surface area contributed by atoms with Crippen molar-refractivity contribution >= 4 is 17.5 Å². The lowest BCUT2D eigenvalue weighted by Gasteiger charge is -2.61. The molecule has 1 unspecified atom stereocenters. The summed E-state index contributed by atoms with van der Waals surface area (Å²) in [7, 11) is 0. The third-order valence-electron chi connectivity index (χ3n) is 10.9. The highest BCUT2D eigenvalue weighted by Gasteiger charge is 2.83. The van der Waals surface area contributed by atoms with Crippen molar-refractivity contribution in [1.29, 1.82) is 0 Å². The van der Waals surface area contributed by atoms with Crippen molar-refractivity contribution in [3.63, 3.8) is 0 Å². The number of hydrogen-bond donors (Lipinski definition) is 2. The van der Waals surface area contributed by atoms with Gasteiger partial charge in [0.25, 0.3) is 0 Å². The molecule has 178 valence electrons. The molecule has 1 heterocycles. The molecule has 0 aromatic heterocycles. The summed E-state index contributed by atoms with van der Waals surface area (Å²) >= 11 is 0. The van der Waals surface area contributed by atoms with Crippen molar-refractivity contribution in [3.05, 3.63) is 23.8 Å². The van der Waals surface area contributed by atoms with Gasteiger partial charge >= 0.3 is 5.97 Å². The Bertz CT molecular complexity index is 1030. The van der Waals surface area contributed by atoms with Gasteiger partial charge in [-0.2, -0.15) is 0 Å². The molecule has 0 aromatic carbocycles. The van der Waals surface area contributed by atoms with Crippen LogP contribution in [0.2, 0.25) is 0 Å². The molecule has 2 N–H and O–H groups in total. The summed E-state index contributed by atoms with van der Waals surface area (Å²) in [5, 5.41) is 23.0. The van der Waals surface area contributed by atoms with Crippen LogP contribution in [-0.2, 0) is 19.1 Å². The number of ether oxygens (including phenoxy) is 1. The van der Waals surface area contributed by atoms with Crippen molar-refractivity contribution in [3.8, 4) is 0 Å². The minimum absolute atomic E-state index is 0.0501. The maximum absolute atomic E-state index is 13.4. The average Bonchev–Trinajstić information content (AvgIpc) is 3.52. The van der Waals surface area contributed by atoms with E-state index in [9.17, 15) is 24.6 Å². The number of carbonyl (C=O) groups is 3. The molecule has 5 aliphatic carbocycles. The van der Waals surface area contributed by atoms with Crippen LogP contribution in [0.5, 0.6) is 0 Å². The minimum atomic E-state index is -1.69. The number of esters is 1. The Kier molecular flexibility index (Phi) is 4.25. The van der Waals surface area contributed by atoms with Crippen molar-refractivity contribution in [2.45, 2.75) is 83.0 Å². The lowest BCUT2D eigenvalue weighted by Crippen LogP contribution is -2.73. The van der Waals surface area contributed by atoms with Gasteiger partial charge in [-0.25, -0.2) is 0 Å². The molecular formula is C27H34O6. The van der Waals surface area contributed by atoms with Crippen LogP contribution < -0.4 is 0 Å². The molecule has 0 bridgehead atoms. The Hall–Kier alpha value is -1.79. The van der Waals surface area contributed by atoms with Crippen molar-refractivity contribution in [1.82, 2.24) is 0 Å². The van der Waals surface area contributed by atoms with Gasteiger partial charge in [0.2, 0.25) is 11.4 Å². The summed E-state index contributed by atoms with van der Waals surface area (Å²) < 4.78 is 5.79. The molecule has 6 aliphatic rings. The van der Waals surface area contributed by atoms with Crippen LogP contribution in [0.3, 0.4) is 0 Å². The molecule has 6 rings (SSSR count). The number of fused-ring (bicyclic) bond motifs is 7. The smallest absolute Gasteiger partial charge is 0.309 e. The van der Waals surface area contributed by atoms with Gasteiger partial charge in [0.1, 0.15) is 11.7 Å². The number of carbonyl (C=O) groups excluding carboxylic acids is 3. The van der Waals surface area contributed by atoms with E-state index < -0.39 is 34.5 Å². The zero-order valence-electron chi connectivity index (χ0n) is 19.7. The second-order valence-corrected chi connectivity index (χ2v) is 12.0. The lowest BCUT2D eigenvalue weighted by molar-refractivity contribution is -0.253. The molecule has 1 aliphatic heterocycles. The van der Waals surface area contributed by atoms with E-state index in [-0.39, 0.29) is 47.7 Å². The van der Waals surface area contributed by atoms with Gasteiger partial charge in [0.15, 0.2) is 5.78 Å². The normalized spacial score (nSPS) is 54.6. The van der Waals surface area contributed by atoms with Gasteiger partial charge in [-0.1, -0.05) is 32.9 Å². The second-order valence-electron chi connectivity index (χ2n) is 12.0. The molecule has 0 amide bonds. The molecular weight excluding hydrogens is 420 g/mol. The molecule has 0 radical (unpaired) electrons. The number of aliphatic hydroxyl groups is 2. The highest BCUT2D eigenvalue weighted by atomic mass is 16.6. The van der Waals surface area contributed by atoms with Crippen LogP contribution in [0.25, 0.3) is 0 Å². The number of allylic oxidation sites excluding steroid dienone is 4. The molecule has 3 saturated carbocycles. The van der Waals surface area contributed by atoms with Crippen LogP contribution in [0.15, 0.2) is 23.8 Å². The highest BCUT2D eigenvalue weighted by Crippen LogP contribution is 2.78. The van der Waals surface area contributed by atoms with Crippen LogP contribution in [0, 0.1) is 40.4 Å². The molecule has 0 spiro atoms. The molecule has 6 heteroatoms. The first-order valence-electron chi connectivity index (χ1n) is 12.6. The predicted octanol–water partition coefficient (Wildman–Crippen LogP) is 2.91. The average molecular weight is 455 g/mol. The number of ketones is 2. The van der Waals surface area contributed by atoms with Gasteiger partial charge in [0.05, 0.1) is 6.42 Å². The molecule has 6 nitrogen and oxygen atoms in total. The number of rotatable bonds is 2. The van der Waals surface area contributed by atoms with E-state index in [0.717, 1.165) is 31.3 Å². The van der Waals surface area contributed by atoms with Crippen LogP contribution in [0.1, 0.15) is 65.7 Å². The largest absolute Gasteiger partial charge is 0.448 e. The molecule has 0 aromatic rings. The summed E-state index contributed by atoms with van der Waals surface area (Å²) in [5.41, 5.74) is -2.70. The standard InChI is InChI=1S/C27H34O6/c1-4-26(23(31)20(29)13-21(30)33-26)27(32)19-12-17(19)22-16-6-5-14-11-15(28)7-9-24(14,2)18(16)8-10-25(22,27)3/h5-6,11,16-20,22,29,32H,4,7-10,12-13H2,1-3H3/t16-,17-,18+,19+,20?,22-,24+,25+,26+,27+/m1/s1. The first-order chi connectivity index (χ1) is 15.5. The first-order valence-corrected chi connectivity index (χ1v) is 12.6. The Morgan fingerprint density at radius 1 is 1.15 bits per heavy atom. The maximum Gasteiger partial charge on any atom is 0.309 e. The van der Waals surface area contributed by atoms with Crippen molar-refractivity contribution < 1.29 is 29.3 Å². The molecule has 10 atom stereocenters. The monoisotopic (exact) mass is 454 g/mol. The van der Waals surface area contributed by atoms with E-state index in [0.29, 0.717) is 12.3 Å².